The van der Waals surface area contributed by atoms with Crippen molar-refractivity contribution in [3.05, 3.63) is 106 Å². The fraction of sp³-hybridized carbons (Fsp3) is 0.281. The van der Waals surface area contributed by atoms with Crippen molar-refractivity contribution in [2.24, 2.45) is 5.92 Å². The van der Waals surface area contributed by atoms with Crippen LogP contribution in [0.4, 0.5) is 0 Å². The van der Waals surface area contributed by atoms with Gasteiger partial charge in [0.05, 0.1) is 22.3 Å². The lowest BCUT2D eigenvalue weighted by Gasteiger charge is -2.27. The molecule has 0 spiro atoms. The van der Waals surface area contributed by atoms with Crippen LogP contribution in [-0.2, 0) is 22.5 Å². The summed E-state index contributed by atoms with van der Waals surface area (Å²) >= 11 is 0. The first-order valence-corrected chi connectivity index (χ1v) is 13.4. The number of rotatable bonds is 14. The van der Waals surface area contributed by atoms with Crippen LogP contribution in [-0.4, -0.2) is 62.7 Å². The van der Waals surface area contributed by atoms with Gasteiger partial charge in [0.15, 0.2) is 0 Å². The first-order valence-electron chi connectivity index (χ1n) is 13.4. The first-order chi connectivity index (χ1) is 20.0. The molecule has 10 nitrogen and oxygen atoms in total. The molecule has 0 aromatic heterocycles. The Balaban J connectivity index is 1.90. The minimum absolute atomic E-state index is 0.0325. The van der Waals surface area contributed by atoms with Gasteiger partial charge in [-0.1, -0.05) is 67.6 Å². The molecule has 3 N–H and O–H groups in total. The van der Waals surface area contributed by atoms with E-state index >= 15 is 0 Å². The quantitative estimate of drug-likeness (QED) is 0.225. The van der Waals surface area contributed by atoms with E-state index in [1.165, 1.54) is 11.8 Å². The molecule has 0 bridgehead atoms. The molecule has 0 heterocycles. The van der Waals surface area contributed by atoms with Gasteiger partial charge in [0.2, 0.25) is 0 Å². The number of esters is 1. The van der Waals surface area contributed by atoms with Gasteiger partial charge in [0, 0.05) is 20.0 Å². The van der Waals surface area contributed by atoms with Gasteiger partial charge in [-0.05, 0) is 48.4 Å². The molecular formula is C32H33NO9. The number of aromatic carboxylic acids is 3. The molecule has 1 amide bonds. The van der Waals surface area contributed by atoms with Crippen LogP contribution >= 0.6 is 0 Å². The molecule has 2 atom stereocenters. The van der Waals surface area contributed by atoms with Crippen molar-refractivity contribution in [3.63, 3.8) is 0 Å². The van der Waals surface area contributed by atoms with Crippen molar-refractivity contribution in [2.75, 3.05) is 6.54 Å². The molecule has 0 radical (unpaired) electrons. The number of hydrogen-bond acceptors (Lipinski definition) is 6. The normalized spacial score (nSPS) is 12.1. The highest BCUT2D eigenvalue weighted by atomic mass is 16.5. The third-order valence-corrected chi connectivity index (χ3v) is 6.85. The zero-order chi connectivity index (χ0) is 30.8. The Morgan fingerprint density at radius 3 is 1.71 bits per heavy atom. The molecule has 0 saturated heterocycles. The van der Waals surface area contributed by atoms with E-state index in [1.54, 1.807) is 30.3 Å². The topological polar surface area (TPSA) is 159 Å². The van der Waals surface area contributed by atoms with Gasteiger partial charge >= 0.3 is 23.9 Å². The summed E-state index contributed by atoms with van der Waals surface area (Å²) in [5.41, 5.74) is -0.645. The summed E-state index contributed by atoms with van der Waals surface area (Å²) in [5.74, 6) is -6.03. The van der Waals surface area contributed by atoms with Gasteiger partial charge in [0.25, 0.3) is 5.91 Å². The number of carbonyl (C=O) groups is 5. The third kappa shape index (κ3) is 8.50. The SMILES string of the molecule is CC(=O)OC(CCCN(Cc1ccccc1)C(=O)c1cc(C(=O)O)c(C(=O)O)cc1C(=O)O)C(C)Cc1ccccc1. The van der Waals surface area contributed by atoms with Crippen LogP contribution in [0.3, 0.4) is 0 Å². The van der Waals surface area contributed by atoms with Gasteiger partial charge in [-0.15, -0.1) is 0 Å². The molecule has 0 aliphatic carbocycles. The van der Waals surface area contributed by atoms with Gasteiger partial charge in [-0.2, -0.15) is 0 Å². The summed E-state index contributed by atoms with van der Waals surface area (Å²) < 4.78 is 5.62. The number of carbonyl (C=O) groups excluding carboxylic acids is 2. The molecule has 10 heteroatoms. The number of carboxylic acid groups (broad SMARTS) is 3. The number of benzene rings is 3. The van der Waals surface area contributed by atoms with Crippen molar-refractivity contribution in [3.8, 4) is 0 Å². The Hall–Kier alpha value is -4.99. The summed E-state index contributed by atoms with van der Waals surface area (Å²) in [5, 5.41) is 28.8. The molecule has 3 aromatic rings. The zero-order valence-electron chi connectivity index (χ0n) is 23.4. The molecule has 2 unspecified atom stereocenters. The summed E-state index contributed by atoms with van der Waals surface area (Å²) in [6, 6.07) is 20.2. The van der Waals surface area contributed by atoms with Crippen molar-refractivity contribution in [1.29, 1.82) is 0 Å². The van der Waals surface area contributed by atoms with E-state index < -0.39 is 58.1 Å². The summed E-state index contributed by atoms with van der Waals surface area (Å²) in [4.78, 5) is 62.5. The average Bonchev–Trinajstić information content (AvgIpc) is 2.95. The Kier molecular flexibility index (Phi) is 11.0. The van der Waals surface area contributed by atoms with E-state index in [1.807, 2.05) is 37.3 Å². The zero-order valence-corrected chi connectivity index (χ0v) is 23.4. The molecule has 3 aromatic carbocycles. The predicted molar refractivity (Wildman–Crippen MR) is 153 cm³/mol. The van der Waals surface area contributed by atoms with Gasteiger partial charge in [0.1, 0.15) is 6.10 Å². The van der Waals surface area contributed by atoms with Crippen molar-refractivity contribution in [1.82, 2.24) is 4.90 Å². The monoisotopic (exact) mass is 575 g/mol. The number of carboxylic acids is 3. The fourth-order valence-corrected chi connectivity index (χ4v) is 4.81. The van der Waals surface area contributed by atoms with E-state index in [4.69, 9.17) is 4.74 Å². The molecule has 3 rings (SSSR count). The number of amides is 1. The third-order valence-electron chi connectivity index (χ3n) is 6.85. The van der Waals surface area contributed by atoms with Crippen molar-refractivity contribution >= 4 is 29.8 Å². The lowest BCUT2D eigenvalue weighted by molar-refractivity contribution is -0.149. The number of nitrogens with zero attached hydrogens (tertiary/aromatic N) is 1. The molecular weight excluding hydrogens is 542 g/mol. The Morgan fingerprint density at radius 2 is 1.21 bits per heavy atom. The van der Waals surface area contributed by atoms with E-state index in [9.17, 15) is 39.3 Å². The maximum absolute atomic E-state index is 13.8. The minimum atomic E-state index is -1.63. The van der Waals surface area contributed by atoms with Gasteiger partial charge in [-0.3, -0.25) is 9.59 Å². The standard InChI is InChI=1S/C32H33NO9/c1-20(16-22-10-5-3-6-11-22)28(42-21(2)34)14-9-15-33(19-23-12-7-4-8-13-23)29(35)24-17-26(31(38)39)27(32(40)41)18-25(24)30(36)37/h3-8,10-13,17-18,20,28H,9,14-16,19H2,1-2H3,(H,36,37)(H,38,39)(H,40,41). The van der Waals surface area contributed by atoms with E-state index in [0.29, 0.717) is 25.3 Å². The van der Waals surface area contributed by atoms with Crippen LogP contribution in [0, 0.1) is 5.92 Å². The number of ether oxygens (including phenoxy) is 1. The molecule has 220 valence electrons. The van der Waals surface area contributed by atoms with E-state index in [2.05, 4.69) is 0 Å². The van der Waals surface area contributed by atoms with Crippen molar-refractivity contribution < 1.29 is 44.0 Å². The smallest absolute Gasteiger partial charge is 0.336 e. The van der Waals surface area contributed by atoms with Crippen LogP contribution in [0.15, 0.2) is 72.8 Å². The largest absolute Gasteiger partial charge is 0.478 e. The first kappa shape index (κ1) is 31.5. The Bertz CT molecular complexity index is 1440. The average molecular weight is 576 g/mol. The van der Waals surface area contributed by atoms with Crippen LogP contribution in [0.2, 0.25) is 0 Å². The molecule has 0 fully saturated rings. The van der Waals surface area contributed by atoms with Crippen LogP contribution < -0.4 is 0 Å². The highest BCUT2D eigenvalue weighted by molar-refractivity contribution is 6.10. The van der Waals surface area contributed by atoms with E-state index in [0.717, 1.165) is 17.2 Å². The van der Waals surface area contributed by atoms with Crippen molar-refractivity contribution in [2.45, 2.75) is 45.8 Å². The minimum Gasteiger partial charge on any atom is -0.478 e. The molecule has 0 aliphatic heterocycles. The maximum atomic E-state index is 13.8. The summed E-state index contributed by atoms with van der Waals surface area (Å²) in [6.07, 6.45) is 1.02. The second kappa shape index (κ2) is 14.6. The van der Waals surface area contributed by atoms with Crippen LogP contribution in [0.5, 0.6) is 0 Å². The van der Waals surface area contributed by atoms with Gasteiger partial charge < -0.3 is 25.0 Å². The second-order valence-electron chi connectivity index (χ2n) is 10.0. The maximum Gasteiger partial charge on any atom is 0.336 e. The van der Waals surface area contributed by atoms with Crippen LogP contribution in [0.25, 0.3) is 0 Å². The second-order valence-corrected chi connectivity index (χ2v) is 10.0. The number of hydrogen-bond donors (Lipinski definition) is 3. The fourth-order valence-electron chi connectivity index (χ4n) is 4.81. The lowest BCUT2D eigenvalue weighted by atomic mass is 9.92. The highest BCUT2D eigenvalue weighted by Gasteiger charge is 2.29. The van der Waals surface area contributed by atoms with E-state index in [-0.39, 0.29) is 19.0 Å². The van der Waals surface area contributed by atoms with Gasteiger partial charge in [-0.25, -0.2) is 14.4 Å². The molecule has 0 aliphatic rings. The van der Waals surface area contributed by atoms with Crippen LogP contribution in [0.1, 0.15) is 79.2 Å². The lowest BCUT2D eigenvalue weighted by Crippen LogP contribution is -2.34. The Labute approximate surface area is 243 Å². The highest BCUT2D eigenvalue weighted by Crippen LogP contribution is 2.23. The summed E-state index contributed by atoms with van der Waals surface area (Å²) in [7, 11) is 0. The Morgan fingerprint density at radius 1 is 0.738 bits per heavy atom. The predicted octanol–water partition coefficient (Wildman–Crippen LogP) is 5.01. The summed E-state index contributed by atoms with van der Waals surface area (Å²) in [6.45, 7) is 3.52. The molecule has 0 saturated carbocycles. The molecule has 42 heavy (non-hydrogen) atoms.